The van der Waals surface area contributed by atoms with Crippen LogP contribution in [0.2, 0.25) is 0 Å². The third kappa shape index (κ3) is 6.33. The molecule has 0 fully saturated rings. The Morgan fingerprint density at radius 3 is 2.75 bits per heavy atom. The summed E-state index contributed by atoms with van der Waals surface area (Å²) in [7, 11) is 1.59. The van der Waals surface area contributed by atoms with Crippen LogP contribution in [0.15, 0.2) is 60.8 Å². The van der Waals surface area contributed by atoms with E-state index in [2.05, 4.69) is 15.6 Å². The number of hydrogen-bond donors (Lipinski definition) is 2. The predicted octanol–water partition coefficient (Wildman–Crippen LogP) is 3.37. The molecule has 10 heteroatoms. The van der Waals surface area contributed by atoms with E-state index in [9.17, 15) is 14.4 Å². The van der Waals surface area contributed by atoms with Crippen LogP contribution >= 0.6 is 0 Å². The molecule has 6 bridgehead atoms. The molecular weight excluding hydrogens is 512 g/mol. The maximum absolute atomic E-state index is 13.1. The monoisotopic (exact) mass is 544 g/mol. The minimum Gasteiger partial charge on any atom is -0.493 e. The number of nitrogens with one attached hydrogen (secondary N) is 2. The number of aromatic nitrogens is 1. The summed E-state index contributed by atoms with van der Waals surface area (Å²) in [5, 5.41) is 5.76. The number of rotatable bonds is 2. The molecule has 1 unspecified atom stereocenters. The number of carbonyl (C=O) groups excluding carboxylic acids is 3. The summed E-state index contributed by atoms with van der Waals surface area (Å²) in [6.07, 6.45) is 3.13. The normalized spacial score (nSPS) is 18.0. The summed E-state index contributed by atoms with van der Waals surface area (Å²) < 4.78 is 17.5. The van der Waals surface area contributed by atoms with Gasteiger partial charge in [-0.05, 0) is 54.3 Å². The zero-order chi connectivity index (χ0) is 27.9. The Morgan fingerprint density at radius 2 is 1.93 bits per heavy atom. The second-order valence-electron chi connectivity index (χ2n) is 9.66. The Kier molecular flexibility index (Phi) is 8.44. The molecule has 1 atom stereocenters. The van der Waals surface area contributed by atoms with E-state index < -0.39 is 0 Å². The van der Waals surface area contributed by atoms with Crippen LogP contribution in [0.5, 0.6) is 17.2 Å². The van der Waals surface area contributed by atoms with E-state index >= 15 is 0 Å². The fourth-order valence-electron chi connectivity index (χ4n) is 4.93. The highest BCUT2D eigenvalue weighted by Gasteiger charge is 2.28. The maximum atomic E-state index is 13.1. The van der Waals surface area contributed by atoms with Crippen molar-refractivity contribution in [3.05, 3.63) is 77.6 Å². The fourth-order valence-corrected chi connectivity index (χ4v) is 4.93. The van der Waals surface area contributed by atoms with Crippen molar-refractivity contribution in [1.29, 1.82) is 0 Å². The quantitative estimate of drug-likeness (QED) is 0.475. The van der Waals surface area contributed by atoms with Gasteiger partial charge in [-0.3, -0.25) is 19.4 Å². The second-order valence-corrected chi connectivity index (χ2v) is 9.66. The molecular formula is C30H32N4O6. The number of hydrogen-bond acceptors (Lipinski definition) is 7. The van der Waals surface area contributed by atoms with Crippen LogP contribution in [0.25, 0.3) is 0 Å². The summed E-state index contributed by atoms with van der Waals surface area (Å²) in [6.45, 7) is 1.15. The van der Waals surface area contributed by atoms with Gasteiger partial charge in [-0.2, -0.15) is 0 Å². The molecule has 0 aliphatic carbocycles. The largest absolute Gasteiger partial charge is 0.493 e. The first-order valence-electron chi connectivity index (χ1n) is 13.4. The number of benzene rings is 2. The molecule has 0 saturated heterocycles. The summed E-state index contributed by atoms with van der Waals surface area (Å²) in [6, 6.07) is 16.5. The van der Waals surface area contributed by atoms with E-state index in [0.29, 0.717) is 55.4 Å². The van der Waals surface area contributed by atoms with E-state index in [4.69, 9.17) is 14.2 Å². The van der Waals surface area contributed by atoms with Gasteiger partial charge in [-0.1, -0.05) is 18.2 Å². The Labute approximate surface area is 232 Å². The van der Waals surface area contributed by atoms with Crippen LogP contribution in [0.3, 0.4) is 0 Å². The Morgan fingerprint density at radius 1 is 1.02 bits per heavy atom. The van der Waals surface area contributed by atoms with E-state index in [-0.39, 0.29) is 49.0 Å². The van der Waals surface area contributed by atoms with Gasteiger partial charge < -0.3 is 29.7 Å². The number of carbonyl (C=O) groups is 3. The van der Waals surface area contributed by atoms with Crippen LogP contribution in [0.1, 0.15) is 46.8 Å². The summed E-state index contributed by atoms with van der Waals surface area (Å²) >= 11 is 0. The van der Waals surface area contributed by atoms with E-state index in [1.807, 2.05) is 30.3 Å². The summed E-state index contributed by atoms with van der Waals surface area (Å²) in [5.41, 5.74) is 2.92. The Bertz CT molecular complexity index is 1380. The molecule has 1 aromatic heterocycles. The molecule has 3 amide bonds. The third-order valence-electron chi connectivity index (χ3n) is 6.93. The molecule has 208 valence electrons. The molecule has 40 heavy (non-hydrogen) atoms. The summed E-state index contributed by atoms with van der Waals surface area (Å²) in [5.74, 6) is 0.935. The molecule has 0 saturated carbocycles. The first kappa shape index (κ1) is 27.0. The highest BCUT2D eigenvalue weighted by molar-refractivity contribution is 5.96. The third-order valence-corrected chi connectivity index (χ3v) is 6.93. The van der Waals surface area contributed by atoms with Crippen molar-refractivity contribution < 1.29 is 28.6 Å². The standard InChI is InChI=1S/C30H32N4O6/c1-38-26-10-7-20-16-27(26)40-14-5-4-13-34(30(37)24-6-2-3-11-31-24)19-29(36)32-12-15-39-21-8-9-22-23(20)18-28(35)33-25(22)17-21/h2-3,6-11,16-17,23H,4-5,12-15,18-19H2,1H3,(H,32,36)(H,33,35). The maximum Gasteiger partial charge on any atom is 0.272 e. The van der Waals surface area contributed by atoms with Crippen molar-refractivity contribution in [2.24, 2.45) is 0 Å². The summed E-state index contributed by atoms with van der Waals surface area (Å²) in [4.78, 5) is 44.1. The number of methoxy groups -OCH3 is 1. The van der Waals surface area contributed by atoms with Gasteiger partial charge in [0.1, 0.15) is 18.1 Å². The van der Waals surface area contributed by atoms with Crippen molar-refractivity contribution in [1.82, 2.24) is 15.2 Å². The van der Waals surface area contributed by atoms with Crippen LogP contribution in [0.4, 0.5) is 5.69 Å². The topological polar surface area (TPSA) is 119 Å². The average molecular weight is 545 g/mol. The number of anilines is 1. The second kappa shape index (κ2) is 12.5. The lowest BCUT2D eigenvalue weighted by Crippen LogP contribution is -2.42. The number of nitrogens with zero attached hydrogens (tertiary/aromatic N) is 2. The van der Waals surface area contributed by atoms with Crippen LogP contribution in [-0.4, -0.2) is 67.6 Å². The predicted molar refractivity (Wildman–Crippen MR) is 148 cm³/mol. The zero-order valence-corrected chi connectivity index (χ0v) is 22.4. The van der Waals surface area contributed by atoms with E-state index in [1.165, 1.54) is 4.90 Å². The Hall–Kier alpha value is -4.60. The zero-order valence-electron chi connectivity index (χ0n) is 22.4. The van der Waals surface area contributed by atoms with Crippen molar-refractivity contribution in [3.63, 3.8) is 0 Å². The van der Waals surface area contributed by atoms with Gasteiger partial charge in [0.2, 0.25) is 11.8 Å². The van der Waals surface area contributed by atoms with E-state index in [0.717, 1.165) is 11.1 Å². The molecule has 3 aliphatic heterocycles. The van der Waals surface area contributed by atoms with Gasteiger partial charge in [-0.25, -0.2) is 0 Å². The lowest BCUT2D eigenvalue weighted by atomic mass is 9.84. The number of ether oxygens (including phenoxy) is 3. The van der Waals surface area contributed by atoms with Crippen LogP contribution in [0, 0.1) is 0 Å². The molecule has 4 heterocycles. The lowest BCUT2D eigenvalue weighted by Gasteiger charge is -2.27. The van der Waals surface area contributed by atoms with E-state index in [1.54, 1.807) is 37.6 Å². The van der Waals surface area contributed by atoms with Gasteiger partial charge in [-0.15, -0.1) is 0 Å². The molecule has 3 aliphatic rings. The molecule has 6 rings (SSSR count). The molecule has 2 N–H and O–H groups in total. The van der Waals surface area contributed by atoms with Gasteiger partial charge in [0.25, 0.3) is 5.91 Å². The molecule has 3 aromatic rings. The van der Waals surface area contributed by atoms with Gasteiger partial charge in [0.15, 0.2) is 11.5 Å². The number of amides is 3. The first-order valence-corrected chi connectivity index (χ1v) is 13.4. The molecule has 0 spiro atoms. The fraction of sp³-hybridized carbons (Fsp3) is 0.333. The van der Waals surface area contributed by atoms with Gasteiger partial charge >= 0.3 is 0 Å². The van der Waals surface area contributed by atoms with Gasteiger partial charge in [0, 0.05) is 36.8 Å². The molecule has 0 radical (unpaired) electrons. The highest BCUT2D eigenvalue weighted by atomic mass is 16.5. The van der Waals surface area contributed by atoms with Gasteiger partial charge in [0.05, 0.1) is 26.8 Å². The average Bonchev–Trinajstić information content (AvgIpc) is 2.97. The molecule has 10 nitrogen and oxygen atoms in total. The highest BCUT2D eigenvalue weighted by Crippen LogP contribution is 2.41. The SMILES string of the molecule is COc1ccc2cc1OCCCCN(C(=O)c1ccccn1)CC(=O)NCCOc1ccc3c(c1)NC(=O)CC23. The minimum absolute atomic E-state index is 0.0767. The molecule has 2 aromatic carbocycles. The Balaban J connectivity index is 1.39. The smallest absolute Gasteiger partial charge is 0.272 e. The van der Waals surface area contributed by atoms with Crippen molar-refractivity contribution in [2.45, 2.75) is 25.2 Å². The number of pyridine rings is 1. The van der Waals surface area contributed by atoms with Crippen molar-refractivity contribution in [3.8, 4) is 17.2 Å². The lowest BCUT2D eigenvalue weighted by molar-refractivity contribution is -0.122. The van der Waals surface area contributed by atoms with Crippen LogP contribution in [-0.2, 0) is 9.59 Å². The minimum atomic E-state index is -0.306. The first-order chi connectivity index (χ1) is 19.5. The number of fused-ring (bicyclic) bond motifs is 12. The van der Waals surface area contributed by atoms with Crippen LogP contribution < -0.4 is 24.8 Å². The van der Waals surface area contributed by atoms with Crippen molar-refractivity contribution >= 4 is 23.4 Å². The van der Waals surface area contributed by atoms with Crippen molar-refractivity contribution in [2.75, 3.05) is 45.3 Å².